The van der Waals surface area contributed by atoms with Gasteiger partial charge in [0.25, 0.3) is 0 Å². The van der Waals surface area contributed by atoms with Gasteiger partial charge in [-0.25, -0.2) is 4.98 Å². The van der Waals surface area contributed by atoms with E-state index in [4.69, 9.17) is 0 Å². The quantitative estimate of drug-likeness (QED) is 0.887. The molecular formula is C15H25N3. The lowest BCUT2D eigenvalue weighted by Crippen LogP contribution is -2.36. The van der Waals surface area contributed by atoms with E-state index in [1.165, 1.54) is 31.2 Å². The Morgan fingerprint density at radius 2 is 2.28 bits per heavy atom. The van der Waals surface area contributed by atoms with E-state index in [1.807, 2.05) is 13.2 Å². The fourth-order valence-corrected chi connectivity index (χ4v) is 2.91. The molecule has 0 saturated heterocycles. The number of anilines is 1. The van der Waals surface area contributed by atoms with Gasteiger partial charge in [0.2, 0.25) is 0 Å². The van der Waals surface area contributed by atoms with Crippen LogP contribution in [0.4, 0.5) is 5.82 Å². The number of rotatable bonds is 4. The van der Waals surface area contributed by atoms with Gasteiger partial charge in [-0.05, 0) is 43.5 Å². The highest BCUT2D eigenvalue weighted by atomic mass is 15.2. The lowest BCUT2D eigenvalue weighted by molar-refractivity contribution is 0.335. The van der Waals surface area contributed by atoms with E-state index in [9.17, 15) is 0 Å². The summed E-state index contributed by atoms with van der Waals surface area (Å²) >= 11 is 0. The summed E-state index contributed by atoms with van der Waals surface area (Å²) in [5.74, 6) is 1.97. The Kier molecular flexibility index (Phi) is 4.59. The molecule has 0 spiro atoms. The van der Waals surface area contributed by atoms with Crippen molar-refractivity contribution >= 4 is 5.82 Å². The fourth-order valence-electron chi connectivity index (χ4n) is 2.91. The molecule has 2 unspecified atom stereocenters. The van der Waals surface area contributed by atoms with Crippen molar-refractivity contribution in [2.45, 2.75) is 45.2 Å². The van der Waals surface area contributed by atoms with Crippen LogP contribution in [0, 0.1) is 5.92 Å². The van der Waals surface area contributed by atoms with Crippen LogP contribution in [0.15, 0.2) is 18.3 Å². The number of pyridine rings is 1. The summed E-state index contributed by atoms with van der Waals surface area (Å²) in [5, 5.41) is 3.19. The molecule has 1 heterocycles. The minimum absolute atomic E-state index is 0.658. The number of nitrogens with one attached hydrogen (secondary N) is 1. The van der Waals surface area contributed by atoms with Gasteiger partial charge < -0.3 is 10.2 Å². The van der Waals surface area contributed by atoms with Crippen molar-refractivity contribution in [3.05, 3.63) is 23.9 Å². The van der Waals surface area contributed by atoms with E-state index >= 15 is 0 Å². The molecule has 3 nitrogen and oxygen atoms in total. The Balaban J connectivity index is 2.07. The second-order valence-electron chi connectivity index (χ2n) is 5.59. The first-order valence-electron chi connectivity index (χ1n) is 7.03. The molecule has 0 amide bonds. The van der Waals surface area contributed by atoms with Crippen molar-refractivity contribution in [2.75, 3.05) is 19.0 Å². The van der Waals surface area contributed by atoms with E-state index in [0.29, 0.717) is 6.04 Å². The summed E-state index contributed by atoms with van der Waals surface area (Å²) in [6, 6.07) is 4.94. The van der Waals surface area contributed by atoms with E-state index in [0.717, 1.165) is 18.3 Å². The third-order valence-electron chi connectivity index (χ3n) is 4.01. The Morgan fingerprint density at radius 3 is 3.00 bits per heavy atom. The predicted octanol–water partition coefficient (Wildman–Crippen LogP) is 2.82. The minimum Gasteiger partial charge on any atom is -0.357 e. The van der Waals surface area contributed by atoms with Crippen molar-refractivity contribution in [2.24, 2.45) is 5.92 Å². The van der Waals surface area contributed by atoms with Gasteiger partial charge in [-0.3, -0.25) is 0 Å². The summed E-state index contributed by atoms with van der Waals surface area (Å²) < 4.78 is 0. The Bertz CT molecular complexity index is 378. The third kappa shape index (κ3) is 3.22. The highest BCUT2D eigenvalue weighted by molar-refractivity contribution is 5.41. The molecule has 1 aromatic rings. The van der Waals surface area contributed by atoms with Crippen LogP contribution < -0.4 is 10.2 Å². The molecule has 0 aromatic carbocycles. The summed E-state index contributed by atoms with van der Waals surface area (Å²) in [6.45, 7) is 3.27. The van der Waals surface area contributed by atoms with Gasteiger partial charge in [-0.2, -0.15) is 0 Å². The second-order valence-corrected chi connectivity index (χ2v) is 5.59. The Hall–Kier alpha value is -1.09. The van der Waals surface area contributed by atoms with Crippen molar-refractivity contribution < 1.29 is 0 Å². The average molecular weight is 247 g/mol. The van der Waals surface area contributed by atoms with Gasteiger partial charge in [0.1, 0.15) is 5.82 Å². The molecular weight excluding hydrogens is 222 g/mol. The molecule has 0 radical (unpaired) electrons. The first kappa shape index (κ1) is 13.3. The van der Waals surface area contributed by atoms with Crippen molar-refractivity contribution in [3.8, 4) is 0 Å². The van der Waals surface area contributed by atoms with Crippen molar-refractivity contribution in [1.29, 1.82) is 0 Å². The zero-order chi connectivity index (χ0) is 13.0. The molecule has 100 valence electrons. The maximum Gasteiger partial charge on any atom is 0.128 e. The maximum atomic E-state index is 4.52. The van der Waals surface area contributed by atoms with Crippen molar-refractivity contribution in [3.63, 3.8) is 0 Å². The van der Waals surface area contributed by atoms with Crippen LogP contribution in [0.25, 0.3) is 0 Å². The summed E-state index contributed by atoms with van der Waals surface area (Å²) in [7, 11) is 4.17. The van der Waals surface area contributed by atoms with Crippen LogP contribution in [0.5, 0.6) is 0 Å². The van der Waals surface area contributed by atoms with Crippen LogP contribution in [-0.4, -0.2) is 25.1 Å². The van der Waals surface area contributed by atoms with Gasteiger partial charge in [-0.1, -0.05) is 19.8 Å². The van der Waals surface area contributed by atoms with E-state index in [2.05, 4.69) is 41.3 Å². The number of nitrogens with zero attached hydrogens (tertiary/aromatic N) is 2. The van der Waals surface area contributed by atoms with Crippen LogP contribution in [0.1, 0.15) is 38.2 Å². The van der Waals surface area contributed by atoms with Gasteiger partial charge in [0, 0.05) is 25.8 Å². The third-order valence-corrected chi connectivity index (χ3v) is 4.01. The minimum atomic E-state index is 0.658. The molecule has 18 heavy (non-hydrogen) atoms. The molecule has 3 heteroatoms. The largest absolute Gasteiger partial charge is 0.357 e. The highest BCUT2D eigenvalue weighted by Crippen LogP contribution is 2.28. The summed E-state index contributed by atoms with van der Waals surface area (Å²) in [5.41, 5.74) is 1.30. The highest BCUT2D eigenvalue weighted by Gasteiger charge is 2.23. The molecule has 0 bridgehead atoms. The topological polar surface area (TPSA) is 28.2 Å². The number of hydrogen-bond donors (Lipinski definition) is 1. The standard InChI is InChI=1S/C15H25N3/c1-12-5-4-6-14(9-12)18(3)15-10-13(11-16-2)7-8-17-15/h7-8,10,12,14,16H,4-6,9,11H2,1-3H3. The van der Waals surface area contributed by atoms with E-state index < -0.39 is 0 Å². The summed E-state index contributed by atoms with van der Waals surface area (Å²) in [4.78, 5) is 6.89. The zero-order valence-corrected chi connectivity index (χ0v) is 11.8. The van der Waals surface area contributed by atoms with Gasteiger partial charge in [0.15, 0.2) is 0 Å². The van der Waals surface area contributed by atoms with Crippen LogP contribution in [-0.2, 0) is 6.54 Å². The maximum absolute atomic E-state index is 4.52. The fraction of sp³-hybridized carbons (Fsp3) is 0.667. The lowest BCUT2D eigenvalue weighted by Gasteiger charge is -2.35. The molecule has 1 aliphatic rings. The smallest absolute Gasteiger partial charge is 0.128 e. The molecule has 2 rings (SSSR count). The molecule has 0 aliphatic heterocycles. The molecule has 1 N–H and O–H groups in total. The molecule has 1 fully saturated rings. The first-order chi connectivity index (χ1) is 8.70. The van der Waals surface area contributed by atoms with Gasteiger partial charge >= 0.3 is 0 Å². The molecule has 1 aromatic heterocycles. The normalized spacial score (nSPS) is 23.9. The Morgan fingerprint density at radius 1 is 1.44 bits per heavy atom. The van der Waals surface area contributed by atoms with Crippen LogP contribution >= 0.6 is 0 Å². The zero-order valence-electron chi connectivity index (χ0n) is 11.8. The SMILES string of the molecule is CNCc1ccnc(N(C)C2CCCC(C)C2)c1. The van der Waals surface area contributed by atoms with Gasteiger partial charge in [0.05, 0.1) is 0 Å². The average Bonchev–Trinajstić information content (AvgIpc) is 2.39. The predicted molar refractivity (Wildman–Crippen MR) is 76.8 cm³/mol. The first-order valence-corrected chi connectivity index (χ1v) is 7.03. The van der Waals surface area contributed by atoms with E-state index in [-0.39, 0.29) is 0 Å². The van der Waals surface area contributed by atoms with Gasteiger partial charge in [-0.15, -0.1) is 0 Å². The summed E-state index contributed by atoms with van der Waals surface area (Å²) in [6.07, 6.45) is 7.27. The van der Waals surface area contributed by atoms with Crippen LogP contribution in [0.2, 0.25) is 0 Å². The molecule has 1 saturated carbocycles. The van der Waals surface area contributed by atoms with E-state index in [1.54, 1.807) is 0 Å². The lowest BCUT2D eigenvalue weighted by atomic mass is 9.86. The second kappa shape index (κ2) is 6.19. The molecule has 2 atom stereocenters. The monoisotopic (exact) mass is 247 g/mol. The van der Waals surface area contributed by atoms with Crippen LogP contribution in [0.3, 0.4) is 0 Å². The number of hydrogen-bond acceptors (Lipinski definition) is 3. The molecule has 1 aliphatic carbocycles. The Labute approximate surface area is 111 Å². The number of aromatic nitrogens is 1. The van der Waals surface area contributed by atoms with Crippen molar-refractivity contribution in [1.82, 2.24) is 10.3 Å².